The third-order valence-corrected chi connectivity index (χ3v) is 2.70. The summed E-state index contributed by atoms with van der Waals surface area (Å²) in [6.45, 7) is 0. The monoisotopic (exact) mass is 227 g/mol. The zero-order valence-corrected chi connectivity index (χ0v) is 6.35. The summed E-state index contributed by atoms with van der Waals surface area (Å²) in [5, 5.41) is 0. The molecular weight excluding hydrogens is 224 g/mol. The van der Waals surface area contributed by atoms with Crippen molar-refractivity contribution < 1.29 is 0 Å². The summed E-state index contributed by atoms with van der Waals surface area (Å²) < 4.78 is 2.86. The second-order valence-electron chi connectivity index (χ2n) is 0.946. The Balaban J connectivity index is 2.82. The fraction of sp³-hybridized carbons (Fsp3) is 0. The van der Waals surface area contributed by atoms with Crippen LogP contribution in [0.2, 0.25) is 0 Å². The van der Waals surface area contributed by atoms with Crippen LogP contribution in [-0.4, -0.2) is 7.19 Å². The van der Waals surface area contributed by atoms with Crippen molar-refractivity contribution >= 4 is 39.5 Å². The van der Waals surface area contributed by atoms with Crippen molar-refractivity contribution in [3.63, 3.8) is 0 Å². The van der Waals surface area contributed by atoms with Crippen molar-refractivity contribution in [3.8, 4) is 0 Å². The zero-order chi connectivity index (χ0) is 5.11. The van der Waals surface area contributed by atoms with Gasteiger partial charge in [-0.15, -0.1) is 0 Å². The molecule has 7 heavy (non-hydrogen) atoms. The third-order valence-electron chi connectivity index (χ3n) is 0.484. The van der Waals surface area contributed by atoms with Gasteiger partial charge in [-0.3, -0.25) is 0 Å². The molecular formula is C4H3ClIN. The van der Waals surface area contributed by atoms with Gasteiger partial charge in [-0.05, 0) is 10.1 Å². The lowest BCUT2D eigenvalue weighted by atomic mass is 10.7. The highest BCUT2D eigenvalue weighted by atomic mass is 127. The first-order valence-electron chi connectivity index (χ1n) is 1.74. The van der Waals surface area contributed by atoms with Gasteiger partial charge in [0.2, 0.25) is 0 Å². The van der Waals surface area contributed by atoms with Gasteiger partial charge in [0.05, 0.1) is 0 Å². The molecule has 0 unspecified atom stereocenters. The largest absolute Gasteiger partial charge is 0.238 e. The Morgan fingerprint density at radius 2 is 2.57 bits per heavy atom. The summed E-state index contributed by atoms with van der Waals surface area (Å²) in [6.07, 6.45) is 3.64. The van der Waals surface area contributed by atoms with Crippen LogP contribution < -0.4 is 0 Å². The third kappa shape index (κ3) is 1.69. The van der Waals surface area contributed by atoms with Crippen LogP contribution in [0.1, 0.15) is 0 Å². The van der Waals surface area contributed by atoms with E-state index < -0.39 is 0 Å². The van der Waals surface area contributed by atoms with Crippen molar-refractivity contribution in [2.24, 2.45) is 4.99 Å². The van der Waals surface area contributed by atoms with Gasteiger partial charge in [-0.25, -0.2) is 4.99 Å². The number of nitrogens with zero attached hydrogens (tertiary/aromatic N) is 1. The predicted octanol–water partition coefficient (Wildman–Crippen LogP) is 1.88. The van der Waals surface area contributed by atoms with Crippen LogP contribution in [0.4, 0.5) is 0 Å². The summed E-state index contributed by atoms with van der Waals surface area (Å²) in [7, 11) is 0. The van der Waals surface area contributed by atoms with Crippen molar-refractivity contribution in [1.82, 2.24) is 0 Å². The molecule has 0 atom stereocenters. The first-order chi connectivity index (χ1) is 3.39. The maximum atomic E-state index is 5.53. The minimum Gasteiger partial charge on any atom is -0.238 e. The van der Waals surface area contributed by atoms with E-state index in [1.54, 1.807) is 6.20 Å². The van der Waals surface area contributed by atoms with Gasteiger partial charge in [0.25, 0.3) is 0 Å². The van der Waals surface area contributed by atoms with E-state index in [9.17, 15) is 0 Å². The lowest BCUT2D eigenvalue weighted by Crippen LogP contribution is -1.73. The molecule has 38 valence electrons. The number of hydrogen-bond donors (Lipinski definition) is 0. The van der Waals surface area contributed by atoms with Crippen LogP contribution in [0, 0.1) is 0 Å². The van der Waals surface area contributed by atoms with Crippen LogP contribution in [0.25, 0.3) is 0 Å². The van der Waals surface area contributed by atoms with Gasteiger partial charge in [0, 0.05) is 6.20 Å². The Bertz CT molecular complexity index is 148. The Morgan fingerprint density at radius 1 is 1.71 bits per heavy atom. The number of aliphatic imine (C=N–C) groups is 1. The smallest absolute Gasteiger partial charge is 0.160 e. The Labute approximate surface area is 56.8 Å². The van der Waals surface area contributed by atoms with Crippen LogP contribution in [0.15, 0.2) is 17.3 Å². The standard InChI is InChI=1S/C4H3ClIN/c5-4-6-2-1-3-7-4/h1-3H. The molecule has 0 N–H and O–H groups in total. The Morgan fingerprint density at radius 3 is 2.86 bits per heavy atom. The van der Waals surface area contributed by atoms with Gasteiger partial charge >= 0.3 is 0 Å². The number of allylic oxidation sites excluding steroid dienone is 1. The van der Waals surface area contributed by atoms with E-state index in [0.717, 1.165) is 3.18 Å². The van der Waals surface area contributed by atoms with E-state index in [-0.39, 0.29) is 20.7 Å². The van der Waals surface area contributed by atoms with E-state index in [0.29, 0.717) is 0 Å². The molecule has 0 saturated heterocycles. The van der Waals surface area contributed by atoms with E-state index in [1.807, 2.05) is 6.08 Å². The van der Waals surface area contributed by atoms with Crippen LogP contribution in [-0.2, 0) is 0 Å². The molecule has 1 aliphatic heterocycles. The van der Waals surface area contributed by atoms with Crippen molar-refractivity contribution in [1.29, 1.82) is 0 Å². The van der Waals surface area contributed by atoms with Gasteiger partial charge < -0.3 is 0 Å². The molecule has 0 radical (unpaired) electrons. The molecule has 0 spiro atoms. The topological polar surface area (TPSA) is 12.4 Å². The molecule has 0 aromatic heterocycles. The molecule has 3 heteroatoms. The summed E-state index contributed by atoms with van der Waals surface area (Å²) >= 11 is 5.49. The summed E-state index contributed by atoms with van der Waals surface area (Å²) in [5.41, 5.74) is 0. The highest BCUT2D eigenvalue weighted by Crippen LogP contribution is 2.08. The maximum Gasteiger partial charge on any atom is 0.160 e. The minimum atomic E-state index is -0.0444. The SMILES string of the molecule is ClC1=NC=CC=I1. The molecule has 1 nitrogen and oxygen atoms in total. The van der Waals surface area contributed by atoms with Crippen LogP contribution in [0.5, 0.6) is 0 Å². The first kappa shape index (κ1) is 5.44. The van der Waals surface area contributed by atoms with Gasteiger partial charge in [-0.2, -0.15) is 0 Å². The van der Waals surface area contributed by atoms with E-state index in [4.69, 9.17) is 11.6 Å². The van der Waals surface area contributed by atoms with E-state index in [2.05, 4.69) is 9.00 Å². The molecule has 0 aromatic carbocycles. The molecule has 0 bridgehead atoms. The fourth-order valence-corrected chi connectivity index (χ4v) is 1.64. The predicted molar refractivity (Wildman–Crippen MR) is 42.5 cm³/mol. The van der Waals surface area contributed by atoms with Crippen LogP contribution in [0.3, 0.4) is 0 Å². The number of rotatable bonds is 0. The molecule has 1 heterocycles. The van der Waals surface area contributed by atoms with Gasteiger partial charge in [0.15, 0.2) is 3.18 Å². The average molecular weight is 227 g/mol. The normalized spacial score (nSPS) is 18.1. The lowest BCUT2D eigenvalue weighted by Gasteiger charge is -1.85. The first-order valence-corrected chi connectivity index (χ1v) is 4.45. The second-order valence-corrected chi connectivity index (χ2v) is 4.31. The molecule has 0 saturated carbocycles. The fourth-order valence-electron chi connectivity index (χ4n) is 0.248. The molecule has 0 fully saturated rings. The van der Waals surface area contributed by atoms with Crippen LogP contribution >= 0.6 is 32.3 Å². The summed E-state index contributed by atoms with van der Waals surface area (Å²) in [6, 6.07) is 0. The second kappa shape index (κ2) is 2.57. The van der Waals surface area contributed by atoms with Crippen molar-refractivity contribution in [2.75, 3.05) is 0 Å². The van der Waals surface area contributed by atoms with E-state index in [1.165, 1.54) is 0 Å². The van der Waals surface area contributed by atoms with Crippen molar-refractivity contribution in [3.05, 3.63) is 12.3 Å². The number of halogens is 2. The van der Waals surface area contributed by atoms with Gasteiger partial charge in [-0.1, -0.05) is 32.3 Å². The average Bonchev–Trinajstić information content (AvgIpc) is 1.69. The van der Waals surface area contributed by atoms with Gasteiger partial charge in [0.1, 0.15) is 0 Å². The van der Waals surface area contributed by atoms with Crippen molar-refractivity contribution in [2.45, 2.75) is 0 Å². The summed E-state index contributed by atoms with van der Waals surface area (Å²) in [4.78, 5) is 3.85. The summed E-state index contributed by atoms with van der Waals surface area (Å²) in [5.74, 6) is 0. The molecule has 0 amide bonds. The minimum absolute atomic E-state index is 0.0444. The lowest BCUT2D eigenvalue weighted by molar-refractivity contribution is 1.63. The molecule has 0 aromatic rings. The maximum absolute atomic E-state index is 5.53. The molecule has 1 rings (SSSR count). The Hall–Kier alpha value is 0.300. The highest BCUT2D eigenvalue weighted by molar-refractivity contribution is 14.2. The molecule has 1 aliphatic rings. The Kier molecular flexibility index (Phi) is 2.00. The molecule has 0 aliphatic carbocycles. The highest BCUT2D eigenvalue weighted by Gasteiger charge is 1.84. The van der Waals surface area contributed by atoms with E-state index >= 15 is 0 Å². The zero-order valence-electron chi connectivity index (χ0n) is 3.44. The number of hydrogen-bond acceptors (Lipinski definition) is 1. The quantitative estimate of drug-likeness (QED) is 0.560.